The van der Waals surface area contributed by atoms with E-state index in [1.54, 1.807) is 18.1 Å². The number of ether oxygens (including phenoxy) is 1. The zero-order chi connectivity index (χ0) is 17.0. The first-order valence-corrected chi connectivity index (χ1v) is 8.05. The molecule has 1 aliphatic heterocycles. The average Bonchev–Trinajstić information content (AvgIpc) is 2.56. The van der Waals surface area contributed by atoms with Gasteiger partial charge in [0.15, 0.2) is 0 Å². The zero-order valence-electron chi connectivity index (χ0n) is 14.2. The molecule has 1 aliphatic rings. The lowest BCUT2D eigenvalue weighted by Gasteiger charge is -2.35. The summed E-state index contributed by atoms with van der Waals surface area (Å²) in [6.45, 7) is 5.93. The number of fused-ring (bicyclic) bond motifs is 1. The summed E-state index contributed by atoms with van der Waals surface area (Å²) >= 11 is 0. The van der Waals surface area contributed by atoms with Gasteiger partial charge in [-0.3, -0.25) is 14.5 Å². The minimum atomic E-state index is -0.328. The van der Waals surface area contributed by atoms with Gasteiger partial charge in [-0.15, -0.1) is 0 Å². The summed E-state index contributed by atoms with van der Waals surface area (Å²) in [5, 5.41) is 6.13. The minimum Gasteiger partial charge on any atom is -0.497 e. The molecule has 2 rings (SSSR count). The molecule has 126 valence electrons. The normalized spacial score (nSPS) is 18.0. The lowest BCUT2D eigenvalue weighted by molar-refractivity contribution is -0.124. The van der Waals surface area contributed by atoms with Gasteiger partial charge in [0, 0.05) is 12.1 Å². The second kappa shape index (κ2) is 7.35. The molecule has 0 saturated carbocycles. The molecule has 2 atom stereocenters. The van der Waals surface area contributed by atoms with Crippen LogP contribution in [0.2, 0.25) is 0 Å². The van der Waals surface area contributed by atoms with Gasteiger partial charge < -0.3 is 15.4 Å². The van der Waals surface area contributed by atoms with E-state index in [0.29, 0.717) is 17.9 Å². The van der Waals surface area contributed by atoms with Gasteiger partial charge in [-0.25, -0.2) is 0 Å². The van der Waals surface area contributed by atoms with Crippen LogP contribution in [0.4, 0.5) is 11.4 Å². The number of amides is 2. The van der Waals surface area contributed by atoms with Gasteiger partial charge in [0.05, 0.1) is 18.5 Å². The fraction of sp³-hybridized carbons (Fsp3) is 0.529. The summed E-state index contributed by atoms with van der Waals surface area (Å²) in [4.78, 5) is 26.4. The van der Waals surface area contributed by atoms with Crippen molar-refractivity contribution in [1.29, 1.82) is 0 Å². The van der Waals surface area contributed by atoms with Gasteiger partial charge in [0.2, 0.25) is 11.8 Å². The second-order valence-electron chi connectivity index (χ2n) is 5.79. The van der Waals surface area contributed by atoms with Crippen LogP contribution in [0.5, 0.6) is 5.75 Å². The lowest BCUT2D eigenvalue weighted by Crippen LogP contribution is -2.51. The molecule has 0 saturated heterocycles. The number of rotatable bonds is 6. The highest BCUT2D eigenvalue weighted by molar-refractivity contribution is 6.08. The summed E-state index contributed by atoms with van der Waals surface area (Å²) in [7, 11) is 1.60. The third-order valence-corrected chi connectivity index (χ3v) is 4.12. The fourth-order valence-corrected chi connectivity index (χ4v) is 2.56. The van der Waals surface area contributed by atoms with Crippen LogP contribution in [0.1, 0.15) is 33.6 Å². The van der Waals surface area contributed by atoms with Crippen LogP contribution in [-0.2, 0) is 9.59 Å². The van der Waals surface area contributed by atoms with E-state index < -0.39 is 0 Å². The average molecular weight is 319 g/mol. The summed E-state index contributed by atoms with van der Waals surface area (Å²) in [6, 6.07) is 5.22. The Morgan fingerprint density at radius 2 is 2.17 bits per heavy atom. The Balaban J connectivity index is 2.26. The van der Waals surface area contributed by atoms with E-state index in [0.717, 1.165) is 12.1 Å². The Kier molecular flexibility index (Phi) is 5.47. The van der Waals surface area contributed by atoms with Crippen LogP contribution in [0.25, 0.3) is 0 Å². The van der Waals surface area contributed by atoms with Crippen molar-refractivity contribution in [3.8, 4) is 5.75 Å². The molecule has 23 heavy (non-hydrogen) atoms. The molecule has 0 aromatic heterocycles. The van der Waals surface area contributed by atoms with E-state index in [4.69, 9.17) is 4.74 Å². The van der Waals surface area contributed by atoms with Crippen molar-refractivity contribution in [2.75, 3.05) is 23.9 Å². The van der Waals surface area contributed by atoms with Crippen molar-refractivity contribution in [2.45, 2.75) is 45.7 Å². The van der Waals surface area contributed by atoms with Gasteiger partial charge in [-0.1, -0.05) is 13.8 Å². The summed E-state index contributed by atoms with van der Waals surface area (Å²) in [6.07, 6.45) is 1.51. The monoisotopic (exact) mass is 319 g/mol. The summed E-state index contributed by atoms with van der Waals surface area (Å²) in [5.41, 5.74) is 1.52. The van der Waals surface area contributed by atoms with Crippen LogP contribution in [0.3, 0.4) is 0 Å². The minimum absolute atomic E-state index is 0.0285. The van der Waals surface area contributed by atoms with E-state index in [1.165, 1.54) is 0 Å². The third-order valence-electron chi connectivity index (χ3n) is 4.12. The molecule has 1 aromatic rings. The number of methoxy groups -OCH3 is 1. The Morgan fingerprint density at radius 3 is 2.78 bits per heavy atom. The second-order valence-corrected chi connectivity index (χ2v) is 5.79. The van der Waals surface area contributed by atoms with Crippen LogP contribution in [0, 0.1) is 0 Å². The number of nitrogens with one attached hydrogen (secondary N) is 2. The standard InChI is InChI=1S/C17H25N3O3/c1-5-11(3)18-16(21)10-20-15-8-7-12(23-4)9-14(15)19-13(6-2)17(20)22/h7-9,11,13,19H,5-6,10H2,1-4H3,(H,18,21). The predicted octanol–water partition coefficient (Wildman–Crippen LogP) is 2.15. The maximum atomic E-state index is 12.6. The van der Waals surface area contributed by atoms with E-state index in [9.17, 15) is 9.59 Å². The van der Waals surface area contributed by atoms with Gasteiger partial charge >= 0.3 is 0 Å². The maximum absolute atomic E-state index is 12.6. The molecule has 2 N–H and O–H groups in total. The smallest absolute Gasteiger partial charge is 0.250 e. The molecule has 0 bridgehead atoms. The highest BCUT2D eigenvalue weighted by Gasteiger charge is 2.32. The first-order valence-electron chi connectivity index (χ1n) is 8.05. The largest absolute Gasteiger partial charge is 0.497 e. The molecule has 6 heteroatoms. The molecular formula is C17H25N3O3. The highest BCUT2D eigenvalue weighted by atomic mass is 16.5. The van der Waals surface area contributed by atoms with Crippen molar-refractivity contribution < 1.29 is 14.3 Å². The predicted molar refractivity (Wildman–Crippen MR) is 90.9 cm³/mol. The molecule has 2 unspecified atom stereocenters. The number of anilines is 2. The number of hydrogen-bond acceptors (Lipinski definition) is 4. The molecule has 0 radical (unpaired) electrons. The van der Waals surface area contributed by atoms with E-state index in [1.807, 2.05) is 32.9 Å². The van der Waals surface area contributed by atoms with Crippen molar-refractivity contribution in [3.05, 3.63) is 18.2 Å². The Labute approximate surface area is 137 Å². The Morgan fingerprint density at radius 1 is 1.43 bits per heavy atom. The molecule has 2 amide bonds. The van der Waals surface area contributed by atoms with E-state index >= 15 is 0 Å². The number of benzene rings is 1. The topological polar surface area (TPSA) is 70.7 Å². The summed E-state index contributed by atoms with van der Waals surface area (Å²) < 4.78 is 5.24. The van der Waals surface area contributed by atoms with Gasteiger partial charge in [-0.2, -0.15) is 0 Å². The Bertz CT molecular complexity index is 588. The van der Waals surface area contributed by atoms with Crippen LogP contribution >= 0.6 is 0 Å². The number of carbonyl (C=O) groups is 2. The molecule has 0 aliphatic carbocycles. The van der Waals surface area contributed by atoms with Crippen molar-refractivity contribution >= 4 is 23.2 Å². The van der Waals surface area contributed by atoms with E-state index in [2.05, 4.69) is 10.6 Å². The number of carbonyl (C=O) groups excluding carboxylic acids is 2. The first kappa shape index (κ1) is 17.1. The van der Waals surface area contributed by atoms with E-state index in [-0.39, 0.29) is 30.4 Å². The number of nitrogens with zero attached hydrogens (tertiary/aromatic N) is 1. The first-order chi connectivity index (χ1) is 11.0. The molecule has 6 nitrogen and oxygen atoms in total. The van der Waals surface area contributed by atoms with Crippen molar-refractivity contribution in [3.63, 3.8) is 0 Å². The van der Waals surface area contributed by atoms with Crippen molar-refractivity contribution in [2.24, 2.45) is 0 Å². The van der Waals surface area contributed by atoms with Crippen molar-refractivity contribution in [1.82, 2.24) is 5.32 Å². The quantitative estimate of drug-likeness (QED) is 0.843. The maximum Gasteiger partial charge on any atom is 0.250 e. The molecule has 1 heterocycles. The molecular weight excluding hydrogens is 294 g/mol. The zero-order valence-corrected chi connectivity index (χ0v) is 14.2. The Hall–Kier alpha value is -2.24. The lowest BCUT2D eigenvalue weighted by atomic mass is 10.1. The highest BCUT2D eigenvalue weighted by Crippen LogP contribution is 2.35. The fourth-order valence-electron chi connectivity index (χ4n) is 2.56. The van der Waals surface area contributed by atoms with Crippen LogP contribution in [0.15, 0.2) is 18.2 Å². The van der Waals surface area contributed by atoms with Gasteiger partial charge in [0.1, 0.15) is 18.3 Å². The summed E-state index contributed by atoms with van der Waals surface area (Å²) in [5.74, 6) is 0.486. The molecule has 1 aromatic carbocycles. The molecule has 0 spiro atoms. The van der Waals surface area contributed by atoms with Gasteiger partial charge in [-0.05, 0) is 31.9 Å². The van der Waals surface area contributed by atoms with Crippen LogP contribution in [-0.4, -0.2) is 37.6 Å². The SMILES string of the molecule is CCC(C)NC(=O)CN1C(=O)C(CC)Nc2cc(OC)ccc21. The third kappa shape index (κ3) is 3.75. The van der Waals surface area contributed by atoms with Gasteiger partial charge in [0.25, 0.3) is 0 Å². The molecule has 0 fully saturated rings. The number of hydrogen-bond donors (Lipinski definition) is 2. The van der Waals surface area contributed by atoms with Crippen LogP contribution < -0.4 is 20.3 Å².